The monoisotopic (exact) mass is 352 g/mol. The van der Waals surface area contributed by atoms with Crippen molar-refractivity contribution in [3.05, 3.63) is 59.7 Å². The van der Waals surface area contributed by atoms with Crippen molar-refractivity contribution >= 4 is 5.91 Å². The van der Waals surface area contributed by atoms with Crippen LogP contribution in [0.25, 0.3) is 0 Å². The average Bonchev–Trinajstić information content (AvgIpc) is 3.12. The van der Waals surface area contributed by atoms with Crippen molar-refractivity contribution in [2.24, 2.45) is 0 Å². The second-order valence-electron chi connectivity index (χ2n) is 6.97. The maximum absolute atomic E-state index is 12.4. The lowest BCUT2D eigenvalue weighted by atomic mass is 10.0. The summed E-state index contributed by atoms with van der Waals surface area (Å²) in [6.07, 6.45) is 2.38. The fraction of sp³-hybridized carbons (Fsp3) is 0.381. The Morgan fingerprint density at radius 1 is 1.00 bits per heavy atom. The van der Waals surface area contributed by atoms with Gasteiger partial charge in [0.15, 0.2) is 11.5 Å². The molecule has 5 nitrogen and oxygen atoms in total. The molecular weight excluding hydrogens is 328 g/mol. The lowest BCUT2D eigenvalue weighted by molar-refractivity contribution is -0.121. The molecule has 2 heterocycles. The SMILES string of the molecule is O=C(Cc1ccc2c(c1)OCO2)NC1CCN(Cc2ccccc2)CC1. The minimum absolute atomic E-state index is 0.0744. The number of hydrogen-bond acceptors (Lipinski definition) is 4. The summed E-state index contributed by atoms with van der Waals surface area (Å²) >= 11 is 0. The van der Waals surface area contributed by atoms with Crippen molar-refractivity contribution in [2.45, 2.75) is 31.8 Å². The van der Waals surface area contributed by atoms with Gasteiger partial charge in [0.25, 0.3) is 0 Å². The molecule has 5 heteroatoms. The number of benzene rings is 2. The molecule has 0 aliphatic carbocycles. The number of hydrogen-bond donors (Lipinski definition) is 1. The second kappa shape index (κ2) is 7.79. The fourth-order valence-electron chi connectivity index (χ4n) is 3.59. The number of carbonyl (C=O) groups is 1. The zero-order valence-electron chi connectivity index (χ0n) is 14.8. The van der Waals surface area contributed by atoms with E-state index in [1.165, 1.54) is 5.56 Å². The van der Waals surface area contributed by atoms with E-state index in [1.807, 2.05) is 24.3 Å². The van der Waals surface area contributed by atoms with Crippen LogP contribution in [0.2, 0.25) is 0 Å². The number of carbonyl (C=O) groups excluding carboxylic acids is 1. The summed E-state index contributed by atoms with van der Waals surface area (Å²) in [6, 6.07) is 16.5. The molecule has 0 radical (unpaired) electrons. The third kappa shape index (κ3) is 4.17. The Morgan fingerprint density at radius 3 is 2.58 bits per heavy atom. The third-order valence-electron chi connectivity index (χ3n) is 5.00. The molecule has 1 amide bonds. The Hall–Kier alpha value is -2.53. The molecule has 136 valence electrons. The van der Waals surface area contributed by atoms with Crippen molar-refractivity contribution in [1.29, 1.82) is 0 Å². The van der Waals surface area contributed by atoms with Crippen LogP contribution < -0.4 is 14.8 Å². The molecule has 0 spiro atoms. The van der Waals surface area contributed by atoms with E-state index in [9.17, 15) is 4.79 Å². The largest absolute Gasteiger partial charge is 0.454 e. The molecule has 0 bridgehead atoms. The van der Waals surface area contributed by atoms with Gasteiger partial charge in [0.1, 0.15) is 0 Å². The highest BCUT2D eigenvalue weighted by atomic mass is 16.7. The topological polar surface area (TPSA) is 50.8 Å². The minimum Gasteiger partial charge on any atom is -0.454 e. The van der Waals surface area contributed by atoms with E-state index in [0.29, 0.717) is 6.42 Å². The van der Waals surface area contributed by atoms with Gasteiger partial charge in [-0.25, -0.2) is 0 Å². The number of fused-ring (bicyclic) bond motifs is 1. The molecule has 0 saturated carbocycles. The summed E-state index contributed by atoms with van der Waals surface area (Å²) in [7, 11) is 0. The summed E-state index contributed by atoms with van der Waals surface area (Å²) in [5, 5.41) is 3.18. The highest BCUT2D eigenvalue weighted by molar-refractivity contribution is 5.79. The number of amides is 1. The van der Waals surface area contributed by atoms with Gasteiger partial charge < -0.3 is 14.8 Å². The summed E-state index contributed by atoms with van der Waals surface area (Å²) in [5.41, 5.74) is 2.30. The molecular formula is C21H24N2O3. The van der Waals surface area contributed by atoms with Gasteiger partial charge in [-0.1, -0.05) is 36.4 Å². The van der Waals surface area contributed by atoms with Gasteiger partial charge in [0.2, 0.25) is 12.7 Å². The molecule has 4 rings (SSSR count). The molecule has 2 aliphatic heterocycles. The van der Waals surface area contributed by atoms with Crippen molar-refractivity contribution in [3.63, 3.8) is 0 Å². The Balaban J connectivity index is 1.23. The lowest BCUT2D eigenvalue weighted by Crippen LogP contribution is -2.44. The number of nitrogens with one attached hydrogen (secondary N) is 1. The van der Waals surface area contributed by atoms with Gasteiger partial charge in [0.05, 0.1) is 6.42 Å². The van der Waals surface area contributed by atoms with Crippen LogP contribution in [-0.2, 0) is 17.8 Å². The van der Waals surface area contributed by atoms with Gasteiger partial charge in [-0.05, 0) is 36.1 Å². The van der Waals surface area contributed by atoms with E-state index in [0.717, 1.165) is 49.5 Å². The lowest BCUT2D eigenvalue weighted by Gasteiger charge is -2.32. The Bertz CT molecular complexity index is 755. The number of nitrogens with zero attached hydrogens (tertiary/aromatic N) is 1. The molecule has 0 unspecified atom stereocenters. The van der Waals surface area contributed by atoms with Crippen LogP contribution in [-0.4, -0.2) is 36.7 Å². The molecule has 0 atom stereocenters. The zero-order valence-corrected chi connectivity index (χ0v) is 14.8. The summed E-state index contributed by atoms with van der Waals surface area (Å²) in [6.45, 7) is 3.28. The van der Waals surface area contributed by atoms with E-state index in [2.05, 4.69) is 34.5 Å². The predicted octanol–water partition coefficient (Wildman–Crippen LogP) is 2.74. The van der Waals surface area contributed by atoms with Crippen LogP contribution >= 0.6 is 0 Å². The van der Waals surface area contributed by atoms with Gasteiger partial charge in [-0.2, -0.15) is 0 Å². The first-order chi connectivity index (χ1) is 12.8. The summed E-state index contributed by atoms with van der Waals surface area (Å²) < 4.78 is 10.7. The van der Waals surface area contributed by atoms with Crippen LogP contribution in [0.1, 0.15) is 24.0 Å². The van der Waals surface area contributed by atoms with Crippen LogP contribution in [0.3, 0.4) is 0 Å². The first-order valence-electron chi connectivity index (χ1n) is 9.20. The van der Waals surface area contributed by atoms with E-state index >= 15 is 0 Å². The van der Waals surface area contributed by atoms with Crippen molar-refractivity contribution in [2.75, 3.05) is 19.9 Å². The van der Waals surface area contributed by atoms with Crippen LogP contribution in [0, 0.1) is 0 Å². The molecule has 2 aliphatic rings. The first kappa shape index (κ1) is 16.9. The summed E-state index contributed by atoms with van der Waals surface area (Å²) in [5.74, 6) is 1.55. The van der Waals surface area contributed by atoms with E-state index in [1.54, 1.807) is 0 Å². The molecule has 2 aromatic carbocycles. The van der Waals surface area contributed by atoms with E-state index in [-0.39, 0.29) is 18.7 Å². The maximum Gasteiger partial charge on any atom is 0.231 e. The smallest absolute Gasteiger partial charge is 0.231 e. The highest BCUT2D eigenvalue weighted by Gasteiger charge is 2.21. The van der Waals surface area contributed by atoms with Crippen LogP contribution in [0.5, 0.6) is 11.5 Å². The number of piperidine rings is 1. The van der Waals surface area contributed by atoms with Gasteiger partial charge in [-0.3, -0.25) is 9.69 Å². The molecule has 0 aromatic heterocycles. The Kier molecular flexibility index (Phi) is 5.07. The minimum atomic E-state index is 0.0744. The van der Waals surface area contributed by atoms with E-state index < -0.39 is 0 Å². The van der Waals surface area contributed by atoms with Crippen LogP contribution in [0.4, 0.5) is 0 Å². The van der Waals surface area contributed by atoms with Gasteiger partial charge in [0, 0.05) is 25.7 Å². The van der Waals surface area contributed by atoms with E-state index in [4.69, 9.17) is 9.47 Å². The normalized spacial score (nSPS) is 17.2. The van der Waals surface area contributed by atoms with Gasteiger partial charge >= 0.3 is 0 Å². The highest BCUT2D eigenvalue weighted by Crippen LogP contribution is 2.32. The standard InChI is InChI=1S/C21H24N2O3/c24-21(13-17-6-7-19-20(12-17)26-15-25-19)22-18-8-10-23(11-9-18)14-16-4-2-1-3-5-16/h1-7,12,18H,8-11,13-15H2,(H,22,24). The fourth-order valence-corrected chi connectivity index (χ4v) is 3.59. The third-order valence-corrected chi connectivity index (χ3v) is 5.00. The number of likely N-dealkylation sites (tertiary alicyclic amines) is 1. The molecule has 2 aromatic rings. The van der Waals surface area contributed by atoms with Gasteiger partial charge in [-0.15, -0.1) is 0 Å². The molecule has 1 N–H and O–H groups in total. The predicted molar refractivity (Wildman–Crippen MR) is 99.2 cm³/mol. The Morgan fingerprint density at radius 2 is 1.77 bits per heavy atom. The maximum atomic E-state index is 12.4. The second-order valence-corrected chi connectivity index (χ2v) is 6.97. The zero-order chi connectivity index (χ0) is 17.8. The number of ether oxygens (including phenoxy) is 2. The first-order valence-corrected chi connectivity index (χ1v) is 9.20. The average molecular weight is 352 g/mol. The molecule has 1 fully saturated rings. The van der Waals surface area contributed by atoms with Crippen LogP contribution in [0.15, 0.2) is 48.5 Å². The number of rotatable bonds is 5. The van der Waals surface area contributed by atoms with Crippen molar-refractivity contribution in [1.82, 2.24) is 10.2 Å². The Labute approximate surface area is 153 Å². The van der Waals surface area contributed by atoms with Crippen molar-refractivity contribution < 1.29 is 14.3 Å². The quantitative estimate of drug-likeness (QED) is 0.899. The van der Waals surface area contributed by atoms with Crippen molar-refractivity contribution in [3.8, 4) is 11.5 Å². The molecule has 26 heavy (non-hydrogen) atoms. The summed E-state index contributed by atoms with van der Waals surface area (Å²) in [4.78, 5) is 14.8. The molecule has 1 saturated heterocycles.